The van der Waals surface area contributed by atoms with Crippen LogP contribution in [0.2, 0.25) is 0 Å². The number of nitrogens with one attached hydrogen (secondary N) is 2. The van der Waals surface area contributed by atoms with E-state index in [1.807, 2.05) is 37.3 Å². The van der Waals surface area contributed by atoms with Gasteiger partial charge in [0.05, 0.1) is 18.8 Å². The highest BCUT2D eigenvalue weighted by Crippen LogP contribution is 2.33. The number of tetrazole rings is 1. The fourth-order valence-corrected chi connectivity index (χ4v) is 6.15. The number of pyridine rings is 1. The Hall–Kier alpha value is -5.65. The third-order valence-corrected chi connectivity index (χ3v) is 8.46. The molecule has 48 heavy (non-hydrogen) atoms. The second-order valence-corrected chi connectivity index (χ2v) is 11.7. The Bertz CT molecular complexity index is 2050. The highest BCUT2D eigenvalue weighted by atomic mass is 16.5. The zero-order chi connectivity index (χ0) is 33.8. The van der Waals surface area contributed by atoms with Crippen LogP contribution in [-0.4, -0.2) is 64.3 Å². The van der Waals surface area contributed by atoms with Gasteiger partial charge in [0.15, 0.2) is 5.65 Å². The lowest BCUT2D eigenvalue weighted by Crippen LogP contribution is -2.43. The second kappa shape index (κ2) is 14.0. The minimum absolute atomic E-state index is 0.214. The summed E-state index contributed by atoms with van der Waals surface area (Å²) in [7, 11) is 0. The lowest BCUT2D eigenvalue weighted by atomic mass is 10.0. The maximum Gasteiger partial charge on any atom is 0.328 e. The molecule has 1 amide bonds. The molecule has 0 bridgehead atoms. The number of aryl methyl sites for hydroxylation is 3. The number of H-pyrrole nitrogens is 1. The van der Waals surface area contributed by atoms with Crippen LogP contribution in [0.1, 0.15) is 59.5 Å². The molecule has 0 aliphatic heterocycles. The largest absolute Gasteiger partial charge is 0.464 e. The number of fused-ring (bicyclic) bond motifs is 1. The first kappa shape index (κ1) is 32.3. The van der Waals surface area contributed by atoms with Crippen LogP contribution < -0.4 is 5.32 Å². The number of esters is 1. The summed E-state index contributed by atoms with van der Waals surface area (Å²) >= 11 is 0. The van der Waals surface area contributed by atoms with Gasteiger partial charge < -0.3 is 19.2 Å². The van der Waals surface area contributed by atoms with E-state index < -0.39 is 17.9 Å². The molecule has 12 nitrogen and oxygen atoms in total. The molecule has 6 rings (SSSR count). The molecule has 1 unspecified atom stereocenters. The number of aromatic nitrogens is 8. The lowest BCUT2D eigenvalue weighted by Gasteiger charge is -2.17. The van der Waals surface area contributed by atoms with E-state index in [2.05, 4.69) is 86.2 Å². The number of amides is 1. The molecule has 0 saturated heterocycles. The van der Waals surface area contributed by atoms with Crippen LogP contribution in [-0.2, 0) is 35.5 Å². The molecule has 0 radical (unpaired) electrons. The van der Waals surface area contributed by atoms with Gasteiger partial charge >= 0.3 is 5.97 Å². The topological polar surface area (TPSA) is 146 Å². The number of hydrogen-bond donors (Lipinski definition) is 2. The molecule has 4 aromatic heterocycles. The van der Waals surface area contributed by atoms with Crippen molar-refractivity contribution in [2.24, 2.45) is 0 Å². The van der Waals surface area contributed by atoms with Crippen molar-refractivity contribution >= 4 is 23.0 Å². The Balaban J connectivity index is 1.30. The maximum atomic E-state index is 13.6. The van der Waals surface area contributed by atoms with Gasteiger partial charge in [-0.3, -0.25) is 4.79 Å². The molecule has 2 N–H and O–H groups in total. The quantitative estimate of drug-likeness (QED) is 0.172. The number of carbonyl (C=O) groups excluding carboxylic acids is 2. The fourth-order valence-electron chi connectivity index (χ4n) is 6.15. The van der Waals surface area contributed by atoms with E-state index in [1.165, 1.54) is 0 Å². The SMILES string of the molecule is CCOC(=O)C(Cc1ccccc1)NC(=O)c1cc(C)c2nc(CC)n(Cc3ccc(-c4c(-c5nn[nH]n5)cc(C)n4CC)cc3)c2n1. The first-order valence-electron chi connectivity index (χ1n) is 16.2. The van der Waals surface area contributed by atoms with E-state index in [0.29, 0.717) is 30.9 Å². The van der Waals surface area contributed by atoms with Gasteiger partial charge in [0.2, 0.25) is 5.82 Å². The summed E-state index contributed by atoms with van der Waals surface area (Å²) in [5.41, 5.74) is 8.48. The van der Waals surface area contributed by atoms with Gasteiger partial charge in [0.25, 0.3) is 5.91 Å². The zero-order valence-corrected chi connectivity index (χ0v) is 27.8. The summed E-state index contributed by atoms with van der Waals surface area (Å²) in [5, 5.41) is 17.6. The Kier molecular flexibility index (Phi) is 9.42. The van der Waals surface area contributed by atoms with Crippen LogP contribution in [0, 0.1) is 13.8 Å². The second-order valence-electron chi connectivity index (χ2n) is 11.7. The van der Waals surface area contributed by atoms with Gasteiger partial charge in [0.1, 0.15) is 23.1 Å². The van der Waals surface area contributed by atoms with Gasteiger partial charge in [-0.25, -0.2) is 14.8 Å². The minimum Gasteiger partial charge on any atom is -0.464 e. The monoisotopic (exact) mass is 645 g/mol. The minimum atomic E-state index is -0.856. The third kappa shape index (κ3) is 6.46. The Morgan fingerprint density at radius 3 is 2.38 bits per heavy atom. The van der Waals surface area contributed by atoms with Gasteiger partial charge in [-0.05, 0) is 67.3 Å². The molecule has 1 atom stereocenters. The predicted molar refractivity (Wildman–Crippen MR) is 182 cm³/mol. The Morgan fingerprint density at radius 2 is 1.71 bits per heavy atom. The van der Waals surface area contributed by atoms with Crippen molar-refractivity contribution in [2.75, 3.05) is 6.61 Å². The molecule has 246 valence electrons. The number of ether oxygens (including phenoxy) is 1. The molecular weight excluding hydrogens is 606 g/mol. The van der Waals surface area contributed by atoms with Crippen molar-refractivity contribution in [3.63, 3.8) is 0 Å². The number of nitrogens with zero attached hydrogens (tertiary/aromatic N) is 7. The van der Waals surface area contributed by atoms with E-state index in [0.717, 1.165) is 57.1 Å². The summed E-state index contributed by atoms with van der Waals surface area (Å²) < 4.78 is 9.59. The van der Waals surface area contributed by atoms with Crippen LogP contribution in [0.4, 0.5) is 0 Å². The van der Waals surface area contributed by atoms with E-state index in [4.69, 9.17) is 14.7 Å². The zero-order valence-electron chi connectivity index (χ0n) is 27.8. The van der Waals surface area contributed by atoms with Gasteiger partial charge in [-0.15, -0.1) is 10.2 Å². The molecule has 0 aliphatic carbocycles. The van der Waals surface area contributed by atoms with E-state index >= 15 is 0 Å². The molecule has 0 saturated carbocycles. The van der Waals surface area contributed by atoms with Crippen LogP contribution in [0.15, 0.2) is 66.7 Å². The molecule has 0 aliphatic rings. The van der Waals surface area contributed by atoms with Crippen molar-refractivity contribution < 1.29 is 14.3 Å². The van der Waals surface area contributed by atoms with Crippen LogP contribution in [0.5, 0.6) is 0 Å². The van der Waals surface area contributed by atoms with Crippen molar-refractivity contribution in [3.05, 3.63) is 101 Å². The van der Waals surface area contributed by atoms with E-state index in [-0.39, 0.29) is 12.3 Å². The highest BCUT2D eigenvalue weighted by Gasteiger charge is 2.25. The molecule has 0 fully saturated rings. The Morgan fingerprint density at radius 1 is 0.938 bits per heavy atom. The van der Waals surface area contributed by atoms with Gasteiger partial charge in [0, 0.05) is 30.6 Å². The predicted octanol–water partition coefficient (Wildman–Crippen LogP) is 5.23. The van der Waals surface area contributed by atoms with Crippen LogP contribution >= 0.6 is 0 Å². The Labute approximate surface area is 278 Å². The summed E-state index contributed by atoms with van der Waals surface area (Å²) in [6.07, 6.45) is 0.995. The van der Waals surface area contributed by atoms with E-state index in [1.54, 1.807) is 13.0 Å². The van der Waals surface area contributed by atoms with Crippen molar-refractivity contribution in [2.45, 2.75) is 66.6 Å². The van der Waals surface area contributed by atoms with Gasteiger partial charge in [-0.1, -0.05) is 61.5 Å². The number of carbonyl (C=O) groups is 2. The first-order chi connectivity index (χ1) is 23.3. The third-order valence-electron chi connectivity index (χ3n) is 8.46. The number of benzene rings is 2. The van der Waals surface area contributed by atoms with Crippen LogP contribution in [0.25, 0.3) is 33.8 Å². The number of hydrogen-bond acceptors (Lipinski definition) is 8. The molecule has 0 spiro atoms. The molecular formula is C36H39N9O3. The average Bonchev–Trinajstić information content (AvgIpc) is 3.83. The normalized spacial score (nSPS) is 11.9. The smallest absolute Gasteiger partial charge is 0.328 e. The molecule has 12 heteroatoms. The lowest BCUT2D eigenvalue weighted by molar-refractivity contribution is -0.145. The number of aromatic amines is 1. The van der Waals surface area contributed by atoms with Crippen LogP contribution in [0.3, 0.4) is 0 Å². The number of rotatable bonds is 12. The first-order valence-corrected chi connectivity index (χ1v) is 16.2. The summed E-state index contributed by atoms with van der Waals surface area (Å²) in [4.78, 5) is 36.1. The maximum absolute atomic E-state index is 13.6. The fraction of sp³-hybridized carbons (Fsp3) is 0.306. The van der Waals surface area contributed by atoms with Crippen molar-refractivity contribution in [1.82, 2.24) is 45.0 Å². The standard InChI is InChI=1S/C36H39N9O3/c1-6-30-39-31-22(4)18-28(35(46)38-29(36(47)48-8-3)20-24-12-10-9-11-13-24)37-34(31)45(30)21-25-14-16-26(17-15-25)32-27(33-40-42-43-41-33)19-23(5)44(32)7-2/h9-19,29H,6-8,20-21H2,1-5H3,(H,38,46)(H,40,41,42,43). The highest BCUT2D eigenvalue weighted by molar-refractivity contribution is 5.97. The summed E-state index contributed by atoms with van der Waals surface area (Å²) in [6, 6.07) is 20.9. The summed E-state index contributed by atoms with van der Waals surface area (Å²) in [5.74, 6) is 0.484. The van der Waals surface area contributed by atoms with Crippen molar-refractivity contribution in [1.29, 1.82) is 0 Å². The van der Waals surface area contributed by atoms with E-state index in [9.17, 15) is 9.59 Å². The average molecular weight is 646 g/mol. The van der Waals surface area contributed by atoms with Crippen molar-refractivity contribution in [3.8, 4) is 22.6 Å². The number of imidazole rings is 1. The molecule has 4 heterocycles. The molecule has 2 aromatic carbocycles. The summed E-state index contributed by atoms with van der Waals surface area (Å²) in [6.45, 7) is 11.4. The van der Waals surface area contributed by atoms with Gasteiger partial charge in [-0.2, -0.15) is 5.21 Å². The molecule has 6 aromatic rings.